The number of para-hydroxylation sites is 1. The lowest BCUT2D eigenvalue weighted by atomic mass is 9.97. The first-order valence-electron chi connectivity index (χ1n) is 10.8. The summed E-state index contributed by atoms with van der Waals surface area (Å²) in [5.41, 5.74) is 3.75. The standard InChI is InChI=1S/C24H28N4O3S/c1-18-8-9-22(16-19(18)2)32(30,31)28-14-10-20(11-15-28)24(29)26-23-7-4-3-6-21(23)17-27-13-5-12-25-27/h3-9,12-13,16,20H,10-11,14-15,17H2,1-2H3,(H,26,29). The van der Waals surface area contributed by atoms with E-state index in [0.29, 0.717) is 37.4 Å². The van der Waals surface area contributed by atoms with Crippen molar-refractivity contribution < 1.29 is 13.2 Å². The zero-order valence-electron chi connectivity index (χ0n) is 18.4. The van der Waals surface area contributed by atoms with E-state index >= 15 is 0 Å². The van der Waals surface area contributed by atoms with Crippen LogP contribution in [0.1, 0.15) is 29.5 Å². The largest absolute Gasteiger partial charge is 0.326 e. The maximum absolute atomic E-state index is 13.0. The molecule has 1 aliphatic rings. The molecule has 0 aliphatic carbocycles. The van der Waals surface area contributed by atoms with Gasteiger partial charge in [-0.3, -0.25) is 9.48 Å². The number of hydrogen-bond acceptors (Lipinski definition) is 4. The molecular formula is C24H28N4O3S. The molecule has 0 radical (unpaired) electrons. The fourth-order valence-corrected chi connectivity index (χ4v) is 5.52. The Labute approximate surface area is 189 Å². The highest BCUT2D eigenvalue weighted by Crippen LogP contribution is 2.26. The van der Waals surface area contributed by atoms with Crippen LogP contribution in [0.25, 0.3) is 0 Å². The van der Waals surface area contributed by atoms with Gasteiger partial charge in [-0.25, -0.2) is 8.42 Å². The molecule has 4 rings (SSSR count). The number of hydrogen-bond donors (Lipinski definition) is 1. The van der Waals surface area contributed by atoms with E-state index in [1.165, 1.54) is 4.31 Å². The Balaban J connectivity index is 1.39. The molecule has 2 heterocycles. The van der Waals surface area contributed by atoms with Gasteiger partial charge in [-0.05, 0) is 67.6 Å². The average Bonchev–Trinajstić information content (AvgIpc) is 3.30. The molecule has 1 N–H and O–H groups in total. The Morgan fingerprint density at radius 1 is 1.06 bits per heavy atom. The smallest absolute Gasteiger partial charge is 0.243 e. The first-order valence-corrected chi connectivity index (χ1v) is 12.2. The van der Waals surface area contributed by atoms with Crippen LogP contribution in [0.15, 0.2) is 65.8 Å². The highest BCUT2D eigenvalue weighted by atomic mass is 32.2. The molecule has 3 aromatic rings. The molecule has 1 fully saturated rings. The summed E-state index contributed by atoms with van der Waals surface area (Å²) in [6.45, 7) is 5.11. The molecule has 1 aromatic heterocycles. The van der Waals surface area contributed by atoms with Crippen LogP contribution in [-0.4, -0.2) is 41.5 Å². The van der Waals surface area contributed by atoms with Crippen molar-refractivity contribution in [1.82, 2.24) is 14.1 Å². The van der Waals surface area contributed by atoms with Gasteiger partial charge in [-0.2, -0.15) is 9.40 Å². The third-order valence-electron chi connectivity index (χ3n) is 6.11. The maximum atomic E-state index is 13.0. The predicted octanol–water partition coefficient (Wildman–Crippen LogP) is 3.59. The van der Waals surface area contributed by atoms with Gasteiger partial charge in [0.1, 0.15) is 0 Å². The predicted molar refractivity (Wildman–Crippen MR) is 124 cm³/mol. The molecule has 1 amide bonds. The highest BCUT2D eigenvalue weighted by Gasteiger charge is 2.32. The van der Waals surface area contributed by atoms with Crippen LogP contribution in [0.2, 0.25) is 0 Å². The summed E-state index contributed by atoms with van der Waals surface area (Å²) in [6, 6.07) is 14.8. The SMILES string of the molecule is Cc1ccc(S(=O)(=O)N2CCC(C(=O)Nc3ccccc3Cn3cccn3)CC2)cc1C. The van der Waals surface area contributed by atoms with Crippen molar-refractivity contribution in [1.29, 1.82) is 0 Å². The van der Waals surface area contributed by atoms with Crippen LogP contribution >= 0.6 is 0 Å². The molecule has 1 saturated heterocycles. The van der Waals surface area contributed by atoms with Crippen molar-refractivity contribution in [3.05, 3.63) is 77.6 Å². The second-order valence-electron chi connectivity index (χ2n) is 8.27. The minimum absolute atomic E-state index is 0.0684. The van der Waals surface area contributed by atoms with Crippen molar-refractivity contribution in [2.75, 3.05) is 18.4 Å². The lowest BCUT2D eigenvalue weighted by Gasteiger charge is -2.30. The molecule has 168 valence electrons. The molecule has 0 atom stereocenters. The monoisotopic (exact) mass is 452 g/mol. The molecule has 32 heavy (non-hydrogen) atoms. The van der Waals surface area contributed by atoms with Crippen molar-refractivity contribution in [3.63, 3.8) is 0 Å². The van der Waals surface area contributed by atoms with Crippen molar-refractivity contribution in [2.24, 2.45) is 5.92 Å². The molecule has 1 aliphatic heterocycles. The van der Waals surface area contributed by atoms with Crippen LogP contribution in [-0.2, 0) is 21.4 Å². The summed E-state index contributed by atoms with van der Waals surface area (Å²) in [5, 5.41) is 7.27. The summed E-state index contributed by atoms with van der Waals surface area (Å²) < 4.78 is 29.4. The molecular weight excluding hydrogens is 424 g/mol. The van der Waals surface area contributed by atoms with Gasteiger partial charge >= 0.3 is 0 Å². The van der Waals surface area contributed by atoms with Gasteiger partial charge < -0.3 is 5.32 Å². The van der Waals surface area contributed by atoms with E-state index < -0.39 is 10.0 Å². The summed E-state index contributed by atoms with van der Waals surface area (Å²) >= 11 is 0. The van der Waals surface area contributed by atoms with Gasteiger partial charge in [-0.15, -0.1) is 0 Å². The number of carbonyl (C=O) groups is 1. The fourth-order valence-electron chi connectivity index (χ4n) is 3.97. The van der Waals surface area contributed by atoms with E-state index in [0.717, 1.165) is 22.4 Å². The lowest BCUT2D eigenvalue weighted by molar-refractivity contribution is -0.120. The summed E-state index contributed by atoms with van der Waals surface area (Å²) in [5.74, 6) is -0.292. The maximum Gasteiger partial charge on any atom is 0.243 e. The zero-order chi connectivity index (χ0) is 22.7. The van der Waals surface area contributed by atoms with Crippen molar-refractivity contribution >= 4 is 21.6 Å². The van der Waals surface area contributed by atoms with E-state index in [1.54, 1.807) is 23.0 Å². The first-order chi connectivity index (χ1) is 15.3. The van der Waals surface area contributed by atoms with Crippen LogP contribution in [0.5, 0.6) is 0 Å². The molecule has 8 heteroatoms. The van der Waals surface area contributed by atoms with E-state index in [1.807, 2.05) is 56.4 Å². The molecule has 0 saturated carbocycles. The number of anilines is 1. The van der Waals surface area contributed by atoms with Crippen LogP contribution in [0.4, 0.5) is 5.69 Å². The average molecular weight is 453 g/mol. The Hall–Kier alpha value is -2.97. The van der Waals surface area contributed by atoms with Gasteiger partial charge in [0.05, 0.1) is 11.4 Å². The normalized spacial score (nSPS) is 15.6. The van der Waals surface area contributed by atoms with Crippen molar-refractivity contribution in [3.8, 4) is 0 Å². The van der Waals surface area contributed by atoms with Gasteiger partial charge in [0.15, 0.2) is 0 Å². The Morgan fingerprint density at radius 3 is 2.50 bits per heavy atom. The third-order valence-corrected chi connectivity index (χ3v) is 8.00. The van der Waals surface area contributed by atoms with Crippen LogP contribution in [0, 0.1) is 19.8 Å². The number of piperidine rings is 1. The first kappa shape index (κ1) is 22.2. The Bertz CT molecular complexity index is 1200. The molecule has 0 bridgehead atoms. The van der Waals surface area contributed by atoms with Gasteiger partial charge in [0, 0.05) is 37.1 Å². The van der Waals surface area contributed by atoms with E-state index in [-0.39, 0.29) is 11.8 Å². The summed E-state index contributed by atoms with van der Waals surface area (Å²) in [6.07, 6.45) is 4.60. The number of rotatable bonds is 6. The quantitative estimate of drug-likeness (QED) is 0.620. The number of carbonyl (C=O) groups excluding carboxylic acids is 1. The van der Waals surface area contributed by atoms with Gasteiger partial charge in [0.25, 0.3) is 0 Å². The van der Waals surface area contributed by atoms with Crippen LogP contribution < -0.4 is 5.32 Å². The van der Waals surface area contributed by atoms with E-state index in [4.69, 9.17) is 0 Å². The number of amides is 1. The number of benzene rings is 2. The topological polar surface area (TPSA) is 84.3 Å². The summed E-state index contributed by atoms with van der Waals surface area (Å²) in [7, 11) is -3.55. The number of aromatic nitrogens is 2. The minimum Gasteiger partial charge on any atom is -0.326 e. The molecule has 0 spiro atoms. The van der Waals surface area contributed by atoms with Crippen molar-refractivity contribution in [2.45, 2.75) is 38.1 Å². The Kier molecular flexibility index (Phi) is 6.43. The van der Waals surface area contributed by atoms with Gasteiger partial charge in [0.2, 0.25) is 15.9 Å². The minimum atomic E-state index is -3.55. The molecule has 2 aromatic carbocycles. The number of sulfonamides is 1. The Morgan fingerprint density at radius 2 is 1.81 bits per heavy atom. The molecule has 7 nitrogen and oxygen atoms in total. The second kappa shape index (κ2) is 9.26. The number of nitrogens with zero attached hydrogens (tertiary/aromatic N) is 3. The summed E-state index contributed by atoms with van der Waals surface area (Å²) in [4.78, 5) is 13.2. The number of nitrogens with one attached hydrogen (secondary N) is 1. The van der Waals surface area contributed by atoms with Gasteiger partial charge in [-0.1, -0.05) is 24.3 Å². The molecule has 0 unspecified atom stereocenters. The third kappa shape index (κ3) is 4.76. The fraction of sp³-hybridized carbons (Fsp3) is 0.333. The van der Waals surface area contributed by atoms with E-state index in [9.17, 15) is 13.2 Å². The number of aryl methyl sites for hydroxylation is 2. The van der Waals surface area contributed by atoms with Crippen LogP contribution in [0.3, 0.4) is 0 Å². The van der Waals surface area contributed by atoms with E-state index in [2.05, 4.69) is 10.4 Å². The zero-order valence-corrected chi connectivity index (χ0v) is 19.2. The lowest BCUT2D eigenvalue weighted by Crippen LogP contribution is -2.41. The highest BCUT2D eigenvalue weighted by molar-refractivity contribution is 7.89. The second-order valence-corrected chi connectivity index (χ2v) is 10.2.